The van der Waals surface area contributed by atoms with Crippen LogP contribution < -0.4 is 4.90 Å². The molecule has 0 radical (unpaired) electrons. The summed E-state index contributed by atoms with van der Waals surface area (Å²) in [5, 5.41) is 9.64. The van der Waals surface area contributed by atoms with E-state index in [1.54, 1.807) is 31.2 Å². The lowest BCUT2D eigenvalue weighted by Gasteiger charge is -2.26. The molecule has 152 valence electrons. The zero-order valence-corrected chi connectivity index (χ0v) is 16.4. The number of hydrogen-bond donors (Lipinski definition) is 1. The van der Waals surface area contributed by atoms with Crippen LogP contribution in [0, 0.1) is 0 Å². The van der Waals surface area contributed by atoms with Crippen molar-refractivity contribution in [3.63, 3.8) is 0 Å². The van der Waals surface area contributed by atoms with Gasteiger partial charge in [-0.05, 0) is 42.7 Å². The van der Waals surface area contributed by atoms with Crippen LogP contribution in [0.15, 0.2) is 78.9 Å². The monoisotopic (exact) mass is 403 g/mol. The fourth-order valence-corrected chi connectivity index (χ4v) is 3.18. The third-order valence-corrected chi connectivity index (χ3v) is 4.50. The Kier molecular flexibility index (Phi) is 6.60. The van der Waals surface area contributed by atoms with E-state index in [0.29, 0.717) is 12.1 Å². The Balaban J connectivity index is 2.16. The summed E-state index contributed by atoms with van der Waals surface area (Å²) < 4.78 is 4.91. The minimum atomic E-state index is -1.20. The Morgan fingerprint density at radius 1 is 0.833 bits per heavy atom. The number of nitrogens with zero attached hydrogens (tertiary/aromatic N) is 1. The molecule has 0 aliphatic carbocycles. The lowest BCUT2D eigenvalue weighted by molar-refractivity contribution is -0.152. The molecule has 6 nitrogen and oxygen atoms in total. The first-order valence-electron chi connectivity index (χ1n) is 9.48. The molecular weight excluding hydrogens is 382 g/mol. The number of anilines is 2. The molecule has 1 N–H and O–H groups in total. The molecule has 0 saturated heterocycles. The van der Waals surface area contributed by atoms with Crippen molar-refractivity contribution >= 4 is 29.2 Å². The maximum absolute atomic E-state index is 13.1. The quantitative estimate of drug-likeness (QED) is 0.493. The van der Waals surface area contributed by atoms with Gasteiger partial charge in [-0.2, -0.15) is 0 Å². The summed E-state index contributed by atoms with van der Waals surface area (Å²) in [7, 11) is 0. The summed E-state index contributed by atoms with van der Waals surface area (Å²) in [4.78, 5) is 38.3. The van der Waals surface area contributed by atoms with Crippen LogP contribution in [0.4, 0.5) is 11.4 Å². The Hall–Kier alpha value is -3.93. The van der Waals surface area contributed by atoms with Gasteiger partial charge in [0.1, 0.15) is 0 Å². The number of rotatable bonds is 6. The highest BCUT2D eigenvalue weighted by atomic mass is 16.5. The Labute approximate surface area is 174 Å². The predicted octanol–water partition coefficient (Wildman–Crippen LogP) is 4.20. The van der Waals surface area contributed by atoms with Gasteiger partial charge in [0.25, 0.3) is 0 Å². The van der Waals surface area contributed by atoms with E-state index in [1.807, 2.05) is 42.5 Å². The molecule has 0 aliphatic heterocycles. The first-order valence-corrected chi connectivity index (χ1v) is 9.48. The number of carbonyl (C=O) groups is 3. The van der Waals surface area contributed by atoms with Crippen LogP contribution in [0.3, 0.4) is 0 Å². The summed E-state index contributed by atoms with van der Waals surface area (Å²) >= 11 is 0. The maximum atomic E-state index is 13.1. The zero-order valence-electron chi connectivity index (χ0n) is 16.4. The first-order chi connectivity index (χ1) is 14.5. The number of ether oxygens (including phenoxy) is 1. The van der Waals surface area contributed by atoms with Crippen molar-refractivity contribution in [2.24, 2.45) is 0 Å². The number of carboxylic acid groups (broad SMARTS) is 1. The Bertz CT molecular complexity index is 1060. The standard InChI is InChI=1S/C24H21NO5/c1-2-30-24(29)22(26)25(21-15-9-7-13-19(21)23(27)28)20-14-8-6-12-18(20)16-17-10-4-3-5-11-17/h3-15H,2,16H2,1H3,(H,27,28). The summed E-state index contributed by atoms with van der Waals surface area (Å²) in [6.07, 6.45) is 0.499. The van der Waals surface area contributed by atoms with Crippen LogP contribution in [-0.4, -0.2) is 29.6 Å². The number of amides is 1. The largest absolute Gasteiger partial charge is 0.478 e. The topological polar surface area (TPSA) is 83.9 Å². The summed E-state index contributed by atoms with van der Waals surface area (Å²) in [5.74, 6) is -3.20. The predicted molar refractivity (Wildman–Crippen MR) is 113 cm³/mol. The first kappa shape index (κ1) is 20.8. The molecule has 0 saturated carbocycles. The van der Waals surface area contributed by atoms with Gasteiger partial charge in [0.05, 0.1) is 23.5 Å². The molecule has 0 bridgehead atoms. The molecule has 0 heterocycles. The van der Waals surface area contributed by atoms with Crippen LogP contribution in [0.2, 0.25) is 0 Å². The number of carboxylic acids is 1. The van der Waals surface area contributed by atoms with Gasteiger partial charge in [-0.1, -0.05) is 60.7 Å². The Morgan fingerprint density at radius 2 is 1.43 bits per heavy atom. The van der Waals surface area contributed by atoms with Gasteiger partial charge in [-0.15, -0.1) is 0 Å². The van der Waals surface area contributed by atoms with E-state index in [9.17, 15) is 19.5 Å². The van der Waals surface area contributed by atoms with Gasteiger partial charge in [-0.3, -0.25) is 9.69 Å². The van der Waals surface area contributed by atoms with Crippen molar-refractivity contribution in [2.75, 3.05) is 11.5 Å². The number of esters is 1. The number of carbonyl (C=O) groups excluding carboxylic acids is 2. The number of para-hydroxylation sites is 2. The summed E-state index contributed by atoms with van der Waals surface area (Å²) in [5.41, 5.74) is 2.21. The van der Waals surface area contributed by atoms with Crippen LogP contribution in [0.1, 0.15) is 28.4 Å². The van der Waals surface area contributed by atoms with E-state index in [-0.39, 0.29) is 17.9 Å². The molecule has 0 fully saturated rings. The van der Waals surface area contributed by atoms with E-state index >= 15 is 0 Å². The van der Waals surface area contributed by atoms with Crippen molar-refractivity contribution in [1.29, 1.82) is 0 Å². The van der Waals surface area contributed by atoms with Crippen molar-refractivity contribution < 1.29 is 24.2 Å². The maximum Gasteiger partial charge on any atom is 0.397 e. The van der Waals surface area contributed by atoms with Crippen molar-refractivity contribution in [1.82, 2.24) is 0 Å². The van der Waals surface area contributed by atoms with E-state index in [4.69, 9.17) is 4.74 Å². The number of hydrogen-bond acceptors (Lipinski definition) is 4. The number of aromatic carboxylic acids is 1. The van der Waals surface area contributed by atoms with Crippen LogP contribution >= 0.6 is 0 Å². The van der Waals surface area contributed by atoms with Gasteiger partial charge in [0.2, 0.25) is 0 Å². The third-order valence-electron chi connectivity index (χ3n) is 4.50. The fourth-order valence-electron chi connectivity index (χ4n) is 3.18. The molecule has 0 spiro atoms. The van der Waals surface area contributed by atoms with Crippen LogP contribution in [0.25, 0.3) is 0 Å². The molecule has 3 rings (SSSR count). The molecule has 3 aromatic rings. The third kappa shape index (κ3) is 4.55. The van der Waals surface area contributed by atoms with Gasteiger partial charge in [-0.25, -0.2) is 9.59 Å². The second-order valence-electron chi connectivity index (χ2n) is 6.47. The average Bonchev–Trinajstić information content (AvgIpc) is 2.76. The van der Waals surface area contributed by atoms with Crippen LogP contribution in [-0.2, 0) is 20.7 Å². The van der Waals surface area contributed by atoms with E-state index < -0.39 is 17.8 Å². The van der Waals surface area contributed by atoms with Gasteiger partial charge < -0.3 is 9.84 Å². The van der Waals surface area contributed by atoms with E-state index in [0.717, 1.165) is 16.0 Å². The average molecular weight is 403 g/mol. The Morgan fingerprint density at radius 3 is 2.10 bits per heavy atom. The highest BCUT2D eigenvalue weighted by Crippen LogP contribution is 2.33. The molecule has 0 aliphatic rings. The van der Waals surface area contributed by atoms with Gasteiger partial charge in [0, 0.05) is 0 Å². The second-order valence-corrected chi connectivity index (χ2v) is 6.47. The number of benzene rings is 3. The minimum absolute atomic E-state index is 0.0324. The van der Waals surface area contributed by atoms with Crippen molar-refractivity contribution in [3.05, 3.63) is 95.6 Å². The molecule has 30 heavy (non-hydrogen) atoms. The normalized spacial score (nSPS) is 10.3. The van der Waals surface area contributed by atoms with Crippen LogP contribution in [0.5, 0.6) is 0 Å². The zero-order chi connectivity index (χ0) is 21.5. The molecule has 1 amide bonds. The second kappa shape index (κ2) is 9.52. The lowest BCUT2D eigenvalue weighted by Crippen LogP contribution is -2.35. The highest BCUT2D eigenvalue weighted by Gasteiger charge is 2.30. The molecule has 0 aromatic heterocycles. The molecule has 0 atom stereocenters. The van der Waals surface area contributed by atoms with Crippen molar-refractivity contribution in [3.8, 4) is 0 Å². The van der Waals surface area contributed by atoms with Gasteiger partial charge in [0.15, 0.2) is 0 Å². The summed E-state index contributed by atoms with van der Waals surface area (Å²) in [6.45, 7) is 1.63. The smallest absolute Gasteiger partial charge is 0.397 e. The summed E-state index contributed by atoms with van der Waals surface area (Å²) in [6, 6.07) is 22.8. The fraction of sp³-hybridized carbons (Fsp3) is 0.125. The minimum Gasteiger partial charge on any atom is -0.478 e. The van der Waals surface area contributed by atoms with Gasteiger partial charge >= 0.3 is 17.8 Å². The highest BCUT2D eigenvalue weighted by molar-refractivity contribution is 6.40. The molecule has 3 aromatic carbocycles. The molecule has 0 unspecified atom stereocenters. The van der Waals surface area contributed by atoms with E-state index in [1.165, 1.54) is 12.1 Å². The van der Waals surface area contributed by atoms with Crippen molar-refractivity contribution in [2.45, 2.75) is 13.3 Å². The lowest BCUT2D eigenvalue weighted by atomic mass is 10.0. The molecular formula is C24H21NO5. The van der Waals surface area contributed by atoms with E-state index in [2.05, 4.69) is 0 Å². The molecule has 6 heteroatoms. The SMILES string of the molecule is CCOC(=O)C(=O)N(c1ccccc1Cc1ccccc1)c1ccccc1C(=O)O.